The van der Waals surface area contributed by atoms with Crippen molar-refractivity contribution in [1.29, 1.82) is 0 Å². The Morgan fingerprint density at radius 1 is 1.14 bits per heavy atom. The summed E-state index contributed by atoms with van der Waals surface area (Å²) >= 11 is 0. The predicted molar refractivity (Wildman–Crippen MR) is 109 cm³/mol. The number of amides is 1. The number of alkyl halides is 2. The topological polar surface area (TPSA) is 87.4 Å². The summed E-state index contributed by atoms with van der Waals surface area (Å²) < 4.78 is 27.8. The van der Waals surface area contributed by atoms with Gasteiger partial charge in [-0.25, -0.2) is 8.78 Å². The molecule has 0 fully saturated rings. The van der Waals surface area contributed by atoms with E-state index in [-0.39, 0.29) is 23.5 Å². The van der Waals surface area contributed by atoms with Crippen LogP contribution in [-0.2, 0) is 11.3 Å². The van der Waals surface area contributed by atoms with Crippen LogP contribution in [0, 0.1) is 0 Å². The van der Waals surface area contributed by atoms with Crippen molar-refractivity contribution in [2.75, 3.05) is 16.4 Å². The standard InChI is InChI=1S/C21H27F2N3O2/c1-2-3-4-5-17(22)20(23)21(28)26-19-11-8-15(12-18(19)24)25-13-14-6-9-16(27)10-7-14/h6-12,17,20,25,27H,2-5,13,24H2,1H3,(H,26,28)/t17-,20+/m0/s1. The minimum absolute atomic E-state index is 0.0258. The van der Waals surface area contributed by atoms with Crippen LogP contribution in [0.3, 0.4) is 0 Å². The molecule has 0 saturated heterocycles. The first kappa shape index (κ1) is 21.5. The van der Waals surface area contributed by atoms with Gasteiger partial charge in [0.2, 0.25) is 6.17 Å². The molecule has 0 aliphatic rings. The molecule has 0 aliphatic carbocycles. The number of hydrogen-bond donors (Lipinski definition) is 4. The van der Waals surface area contributed by atoms with Gasteiger partial charge in [-0.05, 0) is 42.3 Å². The second-order valence-electron chi connectivity index (χ2n) is 6.72. The van der Waals surface area contributed by atoms with Crippen molar-refractivity contribution >= 4 is 23.0 Å². The van der Waals surface area contributed by atoms with Gasteiger partial charge in [0.25, 0.3) is 5.91 Å². The summed E-state index contributed by atoms with van der Waals surface area (Å²) in [5.41, 5.74) is 8.09. The lowest BCUT2D eigenvalue weighted by Gasteiger charge is -2.15. The molecule has 5 N–H and O–H groups in total. The Morgan fingerprint density at radius 2 is 1.86 bits per heavy atom. The lowest BCUT2D eigenvalue weighted by Crippen LogP contribution is -2.32. The van der Waals surface area contributed by atoms with Crippen LogP contribution in [0.5, 0.6) is 5.75 Å². The van der Waals surface area contributed by atoms with E-state index in [1.54, 1.807) is 42.5 Å². The second kappa shape index (κ2) is 10.5. The van der Waals surface area contributed by atoms with Crippen molar-refractivity contribution in [3.63, 3.8) is 0 Å². The highest BCUT2D eigenvalue weighted by atomic mass is 19.2. The highest BCUT2D eigenvalue weighted by Gasteiger charge is 2.28. The first-order chi connectivity index (χ1) is 13.4. The Balaban J connectivity index is 1.90. The first-order valence-electron chi connectivity index (χ1n) is 9.41. The fourth-order valence-electron chi connectivity index (χ4n) is 2.71. The smallest absolute Gasteiger partial charge is 0.262 e. The zero-order valence-corrected chi connectivity index (χ0v) is 15.9. The van der Waals surface area contributed by atoms with Gasteiger partial charge in [-0.15, -0.1) is 0 Å². The largest absolute Gasteiger partial charge is 0.508 e. The van der Waals surface area contributed by atoms with E-state index >= 15 is 0 Å². The van der Waals surface area contributed by atoms with Crippen molar-refractivity contribution in [1.82, 2.24) is 0 Å². The molecule has 7 heteroatoms. The van der Waals surface area contributed by atoms with Crippen LogP contribution in [-0.4, -0.2) is 23.4 Å². The van der Waals surface area contributed by atoms with E-state index < -0.39 is 18.3 Å². The number of aromatic hydroxyl groups is 1. The molecule has 0 aromatic heterocycles. The summed E-state index contributed by atoms with van der Waals surface area (Å²) in [4.78, 5) is 11.9. The Morgan fingerprint density at radius 3 is 2.50 bits per heavy atom. The number of unbranched alkanes of at least 4 members (excludes halogenated alkanes) is 2. The number of rotatable bonds is 10. The van der Waals surface area contributed by atoms with Crippen LogP contribution in [0.4, 0.5) is 25.8 Å². The van der Waals surface area contributed by atoms with Gasteiger partial charge in [0, 0.05) is 12.2 Å². The quantitative estimate of drug-likeness (QED) is 0.347. The van der Waals surface area contributed by atoms with E-state index in [0.717, 1.165) is 18.4 Å². The number of phenols is 1. The highest BCUT2D eigenvalue weighted by molar-refractivity contribution is 5.97. The zero-order chi connectivity index (χ0) is 20.5. The minimum Gasteiger partial charge on any atom is -0.508 e. The molecule has 0 aliphatic heterocycles. The van der Waals surface area contributed by atoms with Crippen LogP contribution >= 0.6 is 0 Å². The summed E-state index contributed by atoms with van der Waals surface area (Å²) in [5.74, 6) is -0.833. The van der Waals surface area contributed by atoms with E-state index in [1.165, 1.54) is 0 Å². The Bertz CT molecular complexity index is 769. The minimum atomic E-state index is -2.22. The Labute approximate surface area is 163 Å². The lowest BCUT2D eigenvalue weighted by atomic mass is 10.1. The van der Waals surface area contributed by atoms with Crippen molar-refractivity contribution in [3.8, 4) is 5.75 Å². The van der Waals surface area contributed by atoms with Gasteiger partial charge in [-0.2, -0.15) is 0 Å². The third kappa shape index (κ3) is 6.40. The number of nitrogens with one attached hydrogen (secondary N) is 2. The lowest BCUT2D eigenvalue weighted by molar-refractivity contribution is -0.123. The Hall–Kier alpha value is -2.83. The van der Waals surface area contributed by atoms with Gasteiger partial charge in [0.15, 0.2) is 0 Å². The summed E-state index contributed by atoms with van der Waals surface area (Å²) in [6.45, 7) is 2.48. The molecule has 0 unspecified atom stereocenters. The number of benzene rings is 2. The maximum atomic E-state index is 14.0. The average Bonchev–Trinajstić information content (AvgIpc) is 2.68. The molecule has 0 saturated carbocycles. The number of anilines is 3. The Kier molecular flexibility index (Phi) is 8.04. The molecular formula is C21H27F2N3O2. The van der Waals surface area contributed by atoms with E-state index in [2.05, 4.69) is 10.6 Å². The maximum absolute atomic E-state index is 14.0. The van der Waals surface area contributed by atoms with Crippen LogP contribution in [0.1, 0.15) is 38.2 Å². The number of phenolic OH excluding ortho intramolecular Hbond substituents is 1. The molecular weight excluding hydrogens is 364 g/mol. The van der Waals surface area contributed by atoms with Gasteiger partial charge in [0.05, 0.1) is 11.4 Å². The SMILES string of the molecule is CCCCC[C@H](F)[C@@H](F)C(=O)Nc1ccc(NCc2ccc(O)cc2)cc1N. The van der Waals surface area contributed by atoms with Crippen molar-refractivity contribution < 1.29 is 18.7 Å². The van der Waals surface area contributed by atoms with Gasteiger partial charge in [0.1, 0.15) is 11.9 Å². The molecule has 28 heavy (non-hydrogen) atoms. The zero-order valence-electron chi connectivity index (χ0n) is 15.9. The van der Waals surface area contributed by atoms with Gasteiger partial charge in [-0.1, -0.05) is 38.3 Å². The third-order valence-electron chi connectivity index (χ3n) is 4.39. The molecule has 5 nitrogen and oxygen atoms in total. The summed E-state index contributed by atoms with van der Waals surface area (Å²) in [5, 5.41) is 14.8. The van der Waals surface area contributed by atoms with Crippen molar-refractivity contribution in [3.05, 3.63) is 48.0 Å². The van der Waals surface area contributed by atoms with E-state index in [4.69, 9.17) is 5.73 Å². The van der Waals surface area contributed by atoms with Gasteiger partial charge >= 0.3 is 0 Å². The summed E-state index contributed by atoms with van der Waals surface area (Å²) in [6.07, 6.45) is -1.75. The average molecular weight is 391 g/mol. The number of halogens is 2. The molecule has 152 valence electrons. The summed E-state index contributed by atoms with van der Waals surface area (Å²) in [6, 6.07) is 11.6. The van der Waals surface area contributed by atoms with E-state index in [1.807, 2.05) is 6.92 Å². The number of hydrogen-bond acceptors (Lipinski definition) is 4. The molecule has 0 spiro atoms. The second-order valence-corrected chi connectivity index (χ2v) is 6.72. The molecule has 0 heterocycles. The molecule has 1 amide bonds. The third-order valence-corrected chi connectivity index (χ3v) is 4.39. The van der Waals surface area contributed by atoms with Crippen molar-refractivity contribution in [2.45, 2.75) is 51.5 Å². The molecule has 2 rings (SSSR count). The van der Waals surface area contributed by atoms with Crippen molar-refractivity contribution in [2.24, 2.45) is 0 Å². The predicted octanol–water partition coefficient (Wildman–Crippen LogP) is 4.78. The van der Waals surface area contributed by atoms with Gasteiger partial charge in [-0.3, -0.25) is 4.79 Å². The number of nitrogens with two attached hydrogens (primary N) is 1. The van der Waals surface area contributed by atoms with Crippen LogP contribution in [0.2, 0.25) is 0 Å². The molecule has 2 aromatic rings. The molecule has 0 bridgehead atoms. The number of nitrogen functional groups attached to an aromatic ring is 1. The molecule has 2 atom stereocenters. The molecule has 0 radical (unpaired) electrons. The maximum Gasteiger partial charge on any atom is 0.262 e. The van der Waals surface area contributed by atoms with Crippen LogP contribution in [0.15, 0.2) is 42.5 Å². The fraction of sp³-hybridized carbons (Fsp3) is 0.381. The molecule has 2 aromatic carbocycles. The summed E-state index contributed by atoms with van der Waals surface area (Å²) in [7, 11) is 0. The van der Waals surface area contributed by atoms with Crippen LogP contribution in [0.25, 0.3) is 0 Å². The van der Waals surface area contributed by atoms with Gasteiger partial charge < -0.3 is 21.5 Å². The highest BCUT2D eigenvalue weighted by Crippen LogP contribution is 2.24. The first-order valence-corrected chi connectivity index (χ1v) is 9.41. The number of carbonyl (C=O) groups excluding carboxylic acids is 1. The fourth-order valence-corrected chi connectivity index (χ4v) is 2.71. The monoisotopic (exact) mass is 391 g/mol. The normalized spacial score (nSPS) is 13.0. The van der Waals surface area contributed by atoms with E-state index in [0.29, 0.717) is 18.7 Å². The van der Waals surface area contributed by atoms with Crippen LogP contribution < -0.4 is 16.4 Å². The van der Waals surface area contributed by atoms with E-state index in [9.17, 15) is 18.7 Å². The number of carbonyl (C=O) groups is 1.